The Labute approximate surface area is 125 Å². The summed E-state index contributed by atoms with van der Waals surface area (Å²) in [5, 5.41) is 20.4. The molecule has 1 aliphatic heterocycles. The van der Waals surface area contributed by atoms with E-state index < -0.39 is 21.0 Å². The Bertz CT molecular complexity index is 336. The molecule has 2 N–H and O–H groups in total. The molecule has 118 valence electrons. The lowest BCUT2D eigenvalue weighted by atomic mass is 9.81. The van der Waals surface area contributed by atoms with E-state index in [0.717, 1.165) is 6.42 Å². The Morgan fingerprint density at radius 1 is 1.20 bits per heavy atom. The van der Waals surface area contributed by atoms with Gasteiger partial charge in [-0.25, -0.2) is 0 Å². The van der Waals surface area contributed by atoms with E-state index in [1.807, 2.05) is 18.7 Å². The number of rotatable bonds is 4. The Morgan fingerprint density at radius 3 is 2.00 bits per heavy atom. The molecule has 0 aliphatic carbocycles. The average Bonchev–Trinajstić information content (AvgIpc) is 2.58. The molecular formula is C14H32BNO3Si. The van der Waals surface area contributed by atoms with E-state index in [4.69, 9.17) is 4.43 Å². The fraction of sp³-hybridized carbons (Fsp3) is 1.00. The first kappa shape index (κ1) is 18.2. The van der Waals surface area contributed by atoms with Crippen molar-refractivity contribution in [2.24, 2.45) is 0 Å². The van der Waals surface area contributed by atoms with Crippen LogP contribution in [0.2, 0.25) is 25.0 Å². The molecule has 0 aromatic carbocycles. The summed E-state index contributed by atoms with van der Waals surface area (Å²) in [6.07, 6.45) is 0.878. The van der Waals surface area contributed by atoms with Gasteiger partial charge in [0.2, 0.25) is 0 Å². The minimum atomic E-state index is -1.81. The maximum Gasteiger partial charge on any atom is 0.376 e. The average molecular weight is 301 g/mol. The van der Waals surface area contributed by atoms with Crippen LogP contribution in [-0.2, 0) is 4.43 Å². The first-order chi connectivity index (χ1) is 8.75. The molecule has 1 rings (SSSR count). The lowest BCUT2D eigenvalue weighted by molar-refractivity contribution is 0.0156. The maximum absolute atomic E-state index is 10.3. The van der Waals surface area contributed by atoms with E-state index >= 15 is 0 Å². The number of hydrogen-bond donors (Lipinski definition) is 2. The van der Waals surface area contributed by atoms with Gasteiger partial charge in [-0.1, -0.05) is 20.8 Å². The Morgan fingerprint density at radius 2 is 1.70 bits per heavy atom. The van der Waals surface area contributed by atoms with E-state index in [9.17, 15) is 10.1 Å². The van der Waals surface area contributed by atoms with Crippen molar-refractivity contribution >= 4 is 15.4 Å². The molecule has 1 fully saturated rings. The summed E-state index contributed by atoms with van der Waals surface area (Å²) in [6, 6.07) is -0.0581. The van der Waals surface area contributed by atoms with E-state index in [2.05, 4.69) is 33.9 Å². The van der Waals surface area contributed by atoms with Gasteiger partial charge in [0.15, 0.2) is 8.32 Å². The van der Waals surface area contributed by atoms with Gasteiger partial charge in [0, 0.05) is 12.6 Å². The second-order valence-electron chi connectivity index (χ2n) is 8.23. The van der Waals surface area contributed by atoms with Crippen molar-refractivity contribution in [3.63, 3.8) is 0 Å². The van der Waals surface area contributed by atoms with Gasteiger partial charge in [0.1, 0.15) is 0 Å². The van der Waals surface area contributed by atoms with E-state index in [-0.39, 0.29) is 17.2 Å². The Kier molecular flexibility index (Phi) is 5.20. The molecule has 0 spiro atoms. The molecule has 1 aliphatic rings. The third-order valence-corrected chi connectivity index (χ3v) is 9.40. The second kappa shape index (κ2) is 5.72. The fourth-order valence-electron chi connectivity index (χ4n) is 2.61. The monoisotopic (exact) mass is 301 g/mol. The summed E-state index contributed by atoms with van der Waals surface area (Å²) >= 11 is 0. The highest BCUT2D eigenvalue weighted by Gasteiger charge is 2.47. The maximum atomic E-state index is 10.3. The van der Waals surface area contributed by atoms with E-state index in [1.165, 1.54) is 0 Å². The quantitative estimate of drug-likeness (QED) is 0.783. The van der Waals surface area contributed by atoms with Crippen molar-refractivity contribution in [3.8, 4) is 0 Å². The van der Waals surface area contributed by atoms with Crippen LogP contribution in [0.25, 0.3) is 0 Å². The van der Waals surface area contributed by atoms with Gasteiger partial charge in [-0.3, -0.25) is 0 Å². The van der Waals surface area contributed by atoms with Gasteiger partial charge in [0.25, 0.3) is 0 Å². The highest BCUT2D eigenvalue weighted by Crippen LogP contribution is 2.39. The summed E-state index contributed by atoms with van der Waals surface area (Å²) < 4.78 is 6.44. The van der Waals surface area contributed by atoms with Crippen LogP contribution in [-0.4, -0.2) is 54.6 Å². The van der Waals surface area contributed by atoms with Gasteiger partial charge < -0.3 is 19.4 Å². The largest absolute Gasteiger partial charge is 0.437 e. The topological polar surface area (TPSA) is 52.9 Å². The molecule has 0 aromatic rings. The number of nitrogens with zero attached hydrogens (tertiary/aromatic N) is 1. The molecule has 0 amide bonds. The highest BCUT2D eigenvalue weighted by molar-refractivity contribution is 6.74. The van der Waals surface area contributed by atoms with Crippen molar-refractivity contribution in [2.45, 2.75) is 83.7 Å². The van der Waals surface area contributed by atoms with Crippen LogP contribution in [0.4, 0.5) is 0 Å². The zero-order valence-electron chi connectivity index (χ0n) is 14.4. The predicted molar refractivity (Wildman–Crippen MR) is 87.3 cm³/mol. The van der Waals surface area contributed by atoms with Crippen molar-refractivity contribution in [1.82, 2.24) is 4.81 Å². The molecule has 20 heavy (non-hydrogen) atoms. The van der Waals surface area contributed by atoms with Gasteiger partial charge in [-0.15, -0.1) is 0 Å². The van der Waals surface area contributed by atoms with Crippen LogP contribution in [0.3, 0.4) is 0 Å². The molecule has 1 heterocycles. The lowest BCUT2D eigenvalue weighted by Crippen LogP contribution is -2.51. The molecular weight excluding hydrogens is 269 g/mol. The van der Waals surface area contributed by atoms with E-state index in [0.29, 0.717) is 6.54 Å². The molecule has 0 aromatic heterocycles. The zero-order valence-corrected chi connectivity index (χ0v) is 15.4. The summed E-state index contributed by atoms with van der Waals surface area (Å²) in [5.41, 5.74) is -0.831. The van der Waals surface area contributed by atoms with Gasteiger partial charge in [-0.05, 0) is 45.2 Å². The Hall–Kier alpha value is 0.122. The van der Waals surface area contributed by atoms with Gasteiger partial charge in [-0.2, -0.15) is 0 Å². The van der Waals surface area contributed by atoms with Gasteiger partial charge in [0.05, 0.1) is 11.7 Å². The molecule has 4 nitrogen and oxygen atoms in total. The van der Waals surface area contributed by atoms with Crippen LogP contribution in [0.5, 0.6) is 0 Å². The molecule has 0 unspecified atom stereocenters. The van der Waals surface area contributed by atoms with Crippen molar-refractivity contribution < 1.29 is 14.6 Å². The zero-order chi connectivity index (χ0) is 15.9. The minimum absolute atomic E-state index is 0.0581. The predicted octanol–water partition coefficient (Wildman–Crippen LogP) is 2.33. The first-order valence-corrected chi connectivity index (χ1v) is 10.5. The van der Waals surface area contributed by atoms with Crippen LogP contribution in [0, 0.1) is 0 Å². The third kappa shape index (κ3) is 4.07. The van der Waals surface area contributed by atoms with Crippen LogP contribution in [0.15, 0.2) is 0 Å². The number of hydrogen-bond acceptors (Lipinski definition) is 4. The van der Waals surface area contributed by atoms with Crippen LogP contribution < -0.4 is 0 Å². The molecule has 2 atom stereocenters. The molecule has 6 heteroatoms. The summed E-state index contributed by atoms with van der Waals surface area (Å²) in [5.74, 6) is 0. The fourth-order valence-corrected chi connectivity index (χ4v) is 3.96. The normalized spacial score (nSPS) is 26.1. The Balaban J connectivity index is 2.82. The standard InChI is InChI=1S/C14H32BNO3Si/c1-13(2,3)20(7,8)19-11-9-12(14(4,5)17)16(10-11)15(6)18/h11-12,17-18H,9-10H2,1-8H3/t11-,12+/m1/s1. The molecule has 0 bridgehead atoms. The van der Waals surface area contributed by atoms with Crippen molar-refractivity contribution in [3.05, 3.63) is 0 Å². The molecule has 0 radical (unpaired) electrons. The summed E-state index contributed by atoms with van der Waals surface area (Å²) in [4.78, 5) is 1.96. The summed E-state index contributed by atoms with van der Waals surface area (Å²) in [6.45, 7) is 17.3. The van der Waals surface area contributed by atoms with Gasteiger partial charge >= 0.3 is 7.05 Å². The second-order valence-corrected chi connectivity index (χ2v) is 13.0. The van der Waals surface area contributed by atoms with Crippen LogP contribution in [0.1, 0.15) is 41.0 Å². The first-order valence-electron chi connectivity index (χ1n) is 7.60. The third-order valence-electron chi connectivity index (χ3n) is 4.86. The highest BCUT2D eigenvalue weighted by atomic mass is 28.4. The minimum Gasteiger partial charge on any atom is -0.437 e. The van der Waals surface area contributed by atoms with Crippen molar-refractivity contribution in [2.75, 3.05) is 6.54 Å². The van der Waals surface area contributed by atoms with Crippen LogP contribution >= 0.6 is 0 Å². The lowest BCUT2D eigenvalue weighted by Gasteiger charge is -2.38. The molecule has 1 saturated heterocycles. The van der Waals surface area contributed by atoms with Crippen molar-refractivity contribution in [1.29, 1.82) is 0 Å². The smallest absolute Gasteiger partial charge is 0.376 e. The number of aliphatic hydroxyl groups is 1. The summed E-state index contributed by atoms with van der Waals surface area (Å²) in [7, 11) is -2.37. The SMILES string of the molecule is CB(O)N1C[C@H](O[Si](C)(C)C(C)(C)C)C[C@H]1C(C)(C)O. The molecule has 0 saturated carbocycles. The van der Waals surface area contributed by atoms with E-state index in [1.54, 1.807) is 6.82 Å².